The first-order valence-corrected chi connectivity index (χ1v) is 5.17. The van der Waals surface area contributed by atoms with E-state index in [1.807, 2.05) is 12.3 Å². The molecule has 2 rings (SSSR count). The lowest BCUT2D eigenvalue weighted by Gasteiger charge is -1.96. The van der Waals surface area contributed by atoms with Gasteiger partial charge in [0.2, 0.25) is 0 Å². The van der Waals surface area contributed by atoms with Crippen molar-refractivity contribution >= 4 is 38.7 Å². The monoisotopic (exact) mass is 227 g/mol. The largest absolute Gasteiger partial charge is 0.289 e. The van der Waals surface area contributed by atoms with E-state index < -0.39 is 4.92 Å². The third kappa shape index (κ3) is 1.36. The average Bonchev–Trinajstić information content (AvgIpc) is 2.46. The molecule has 0 fully saturated rings. The molecule has 0 unspecified atom stereocenters. The minimum atomic E-state index is -0.461. The third-order valence-electron chi connectivity index (χ3n) is 2.03. The van der Waals surface area contributed by atoms with Crippen molar-refractivity contribution in [3.05, 3.63) is 38.2 Å². The van der Waals surface area contributed by atoms with Gasteiger partial charge in [-0.1, -0.05) is 11.6 Å². The van der Waals surface area contributed by atoms with E-state index >= 15 is 0 Å². The van der Waals surface area contributed by atoms with E-state index in [2.05, 4.69) is 0 Å². The smallest absolute Gasteiger partial charge is 0.258 e. The van der Waals surface area contributed by atoms with Gasteiger partial charge in [-0.3, -0.25) is 10.1 Å². The lowest BCUT2D eigenvalue weighted by atomic mass is 10.2. The van der Waals surface area contributed by atoms with Crippen molar-refractivity contribution in [3.63, 3.8) is 0 Å². The molecule has 14 heavy (non-hydrogen) atoms. The van der Waals surface area contributed by atoms with Crippen molar-refractivity contribution in [2.45, 2.75) is 6.92 Å². The van der Waals surface area contributed by atoms with E-state index in [0.29, 0.717) is 0 Å². The Kier molecular flexibility index (Phi) is 2.17. The lowest BCUT2D eigenvalue weighted by molar-refractivity contribution is -0.384. The Labute approximate surface area is 89.1 Å². The maximum Gasteiger partial charge on any atom is 0.289 e. The van der Waals surface area contributed by atoms with Crippen LogP contribution >= 0.6 is 22.9 Å². The van der Waals surface area contributed by atoms with E-state index in [9.17, 15) is 10.1 Å². The fourth-order valence-electron chi connectivity index (χ4n) is 1.30. The van der Waals surface area contributed by atoms with Crippen LogP contribution in [-0.2, 0) is 0 Å². The van der Waals surface area contributed by atoms with Gasteiger partial charge in [0.1, 0.15) is 5.02 Å². The molecule has 0 bridgehead atoms. The third-order valence-corrected chi connectivity index (χ3v) is 3.40. The van der Waals surface area contributed by atoms with Crippen molar-refractivity contribution in [1.29, 1.82) is 0 Å². The number of hydrogen-bond acceptors (Lipinski definition) is 3. The summed E-state index contributed by atoms with van der Waals surface area (Å²) in [4.78, 5) is 10.1. The van der Waals surface area contributed by atoms with Gasteiger partial charge in [-0.25, -0.2) is 0 Å². The molecule has 0 aliphatic heterocycles. The molecule has 2 aromatic rings. The second kappa shape index (κ2) is 3.22. The van der Waals surface area contributed by atoms with Crippen LogP contribution in [0.4, 0.5) is 5.69 Å². The van der Waals surface area contributed by atoms with Gasteiger partial charge in [0, 0.05) is 10.8 Å². The van der Waals surface area contributed by atoms with E-state index in [0.717, 1.165) is 15.6 Å². The minimum Gasteiger partial charge on any atom is -0.258 e. The first-order valence-electron chi connectivity index (χ1n) is 3.91. The normalized spacial score (nSPS) is 10.7. The minimum absolute atomic E-state index is 0.0268. The van der Waals surface area contributed by atoms with Crippen LogP contribution in [0, 0.1) is 17.0 Å². The highest BCUT2D eigenvalue weighted by Gasteiger charge is 2.14. The Balaban J connectivity index is 2.79. The fourth-order valence-corrected chi connectivity index (χ4v) is 2.49. The molecule has 1 heterocycles. The van der Waals surface area contributed by atoms with Gasteiger partial charge < -0.3 is 0 Å². The summed E-state index contributed by atoms with van der Waals surface area (Å²) in [7, 11) is 0. The molecule has 5 heteroatoms. The van der Waals surface area contributed by atoms with Crippen LogP contribution in [0.2, 0.25) is 5.02 Å². The lowest BCUT2D eigenvalue weighted by Crippen LogP contribution is -1.88. The van der Waals surface area contributed by atoms with Gasteiger partial charge >= 0.3 is 0 Å². The Morgan fingerprint density at radius 3 is 2.86 bits per heavy atom. The average molecular weight is 228 g/mol. The first-order chi connectivity index (χ1) is 6.59. The molecule has 0 atom stereocenters. The predicted molar refractivity (Wildman–Crippen MR) is 58.2 cm³/mol. The number of nitro benzene ring substituents is 1. The second-order valence-electron chi connectivity index (χ2n) is 2.98. The van der Waals surface area contributed by atoms with Crippen LogP contribution in [0.1, 0.15) is 5.56 Å². The molecule has 72 valence electrons. The zero-order valence-corrected chi connectivity index (χ0v) is 8.85. The number of aryl methyl sites for hydroxylation is 1. The van der Waals surface area contributed by atoms with Crippen molar-refractivity contribution in [3.8, 4) is 0 Å². The number of thiophene rings is 1. The molecule has 0 aliphatic carbocycles. The first kappa shape index (κ1) is 9.43. The summed E-state index contributed by atoms with van der Waals surface area (Å²) in [6, 6.07) is 3.18. The van der Waals surface area contributed by atoms with Crippen LogP contribution in [0.3, 0.4) is 0 Å². The van der Waals surface area contributed by atoms with Gasteiger partial charge in [-0.2, -0.15) is 0 Å². The van der Waals surface area contributed by atoms with Crippen LogP contribution in [0.15, 0.2) is 17.5 Å². The summed E-state index contributed by atoms with van der Waals surface area (Å²) in [5.41, 5.74) is 1.07. The summed E-state index contributed by atoms with van der Waals surface area (Å²) >= 11 is 7.28. The zero-order valence-electron chi connectivity index (χ0n) is 7.28. The molecule has 0 amide bonds. The van der Waals surface area contributed by atoms with E-state index in [4.69, 9.17) is 11.6 Å². The summed E-state index contributed by atoms with van der Waals surface area (Å²) in [6.07, 6.45) is 0. The summed E-state index contributed by atoms with van der Waals surface area (Å²) < 4.78 is 0.901. The number of nitrogens with zero attached hydrogens (tertiary/aromatic N) is 1. The van der Waals surface area contributed by atoms with Crippen LogP contribution < -0.4 is 0 Å². The molecule has 3 nitrogen and oxygen atoms in total. The van der Waals surface area contributed by atoms with Gasteiger partial charge in [-0.15, -0.1) is 11.3 Å². The molecule has 1 aromatic heterocycles. The molecule has 0 N–H and O–H groups in total. The molecule has 0 aliphatic rings. The Bertz CT molecular complexity index is 521. The van der Waals surface area contributed by atoms with Crippen LogP contribution in [-0.4, -0.2) is 4.92 Å². The fraction of sp³-hybridized carbons (Fsp3) is 0.111. The summed E-state index contributed by atoms with van der Waals surface area (Å²) in [5, 5.41) is 13.8. The van der Waals surface area contributed by atoms with Gasteiger partial charge in [-0.05, 0) is 29.3 Å². The zero-order chi connectivity index (χ0) is 10.3. The van der Waals surface area contributed by atoms with E-state index in [1.54, 1.807) is 6.07 Å². The Morgan fingerprint density at radius 2 is 2.21 bits per heavy atom. The maximum atomic E-state index is 10.6. The van der Waals surface area contributed by atoms with E-state index in [-0.39, 0.29) is 10.7 Å². The predicted octanol–water partition coefficient (Wildman–Crippen LogP) is 3.77. The number of hydrogen-bond donors (Lipinski definition) is 0. The van der Waals surface area contributed by atoms with Crippen molar-refractivity contribution in [2.75, 3.05) is 0 Å². The number of fused-ring (bicyclic) bond motifs is 1. The topological polar surface area (TPSA) is 43.1 Å². The van der Waals surface area contributed by atoms with E-state index in [1.165, 1.54) is 17.4 Å². The second-order valence-corrected chi connectivity index (χ2v) is 4.29. The highest BCUT2D eigenvalue weighted by molar-refractivity contribution is 7.17. The molecule has 0 radical (unpaired) electrons. The Morgan fingerprint density at radius 1 is 1.50 bits per heavy atom. The maximum absolute atomic E-state index is 10.6. The molecule has 0 spiro atoms. The number of benzene rings is 1. The highest BCUT2D eigenvalue weighted by Crippen LogP contribution is 2.34. The molecule has 0 saturated heterocycles. The van der Waals surface area contributed by atoms with Crippen LogP contribution in [0.5, 0.6) is 0 Å². The quantitative estimate of drug-likeness (QED) is 0.550. The SMILES string of the molecule is Cc1csc2cc([N+](=O)[O-])c(Cl)cc12. The van der Waals surface area contributed by atoms with Crippen LogP contribution in [0.25, 0.3) is 10.1 Å². The van der Waals surface area contributed by atoms with Gasteiger partial charge in [0.15, 0.2) is 0 Å². The molecule has 0 saturated carbocycles. The molecule has 1 aromatic carbocycles. The number of halogens is 1. The molecular formula is C9H6ClNO2S. The van der Waals surface area contributed by atoms with Gasteiger partial charge in [0.05, 0.1) is 4.92 Å². The van der Waals surface area contributed by atoms with Crippen molar-refractivity contribution in [1.82, 2.24) is 0 Å². The number of rotatable bonds is 1. The summed E-state index contributed by atoms with van der Waals surface area (Å²) in [6.45, 7) is 1.96. The standard InChI is InChI=1S/C9H6ClNO2S/c1-5-4-14-9-3-8(11(12)13)7(10)2-6(5)9/h2-4H,1H3. The van der Waals surface area contributed by atoms with Crippen molar-refractivity contribution in [2.24, 2.45) is 0 Å². The highest BCUT2D eigenvalue weighted by atomic mass is 35.5. The molecular weight excluding hydrogens is 222 g/mol. The number of nitro groups is 1. The Hall–Kier alpha value is -1.13. The van der Waals surface area contributed by atoms with Crippen molar-refractivity contribution < 1.29 is 4.92 Å². The van der Waals surface area contributed by atoms with Gasteiger partial charge in [0.25, 0.3) is 5.69 Å². The summed E-state index contributed by atoms with van der Waals surface area (Å²) in [5.74, 6) is 0.